The van der Waals surface area contributed by atoms with Crippen molar-refractivity contribution < 1.29 is 22.3 Å². The van der Waals surface area contributed by atoms with Crippen molar-refractivity contribution in [3.05, 3.63) is 78.6 Å². The molecule has 34 heavy (non-hydrogen) atoms. The molecule has 3 aromatic rings. The van der Waals surface area contributed by atoms with Crippen molar-refractivity contribution in [3.63, 3.8) is 0 Å². The number of para-hydroxylation sites is 1. The number of benzene rings is 3. The number of ether oxygens (including phenoxy) is 1. The van der Waals surface area contributed by atoms with Crippen LogP contribution in [-0.2, 0) is 14.8 Å². The predicted octanol–water partition coefficient (Wildman–Crippen LogP) is 5.02. The highest BCUT2D eigenvalue weighted by atomic mass is 32.2. The van der Waals surface area contributed by atoms with Crippen molar-refractivity contribution >= 4 is 33.4 Å². The number of piperidine rings is 1. The molecule has 1 N–H and O–H groups in total. The highest BCUT2D eigenvalue weighted by Gasteiger charge is 2.35. The fourth-order valence-electron chi connectivity index (χ4n) is 3.88. The molecule has 9 heteroatoms. The minimum Gasteiger partial charge on any atom is -0.495 e. The van der Waals surface area contributed by atoms with E-state index in [1.54, 1.807) is 0 Å². The largest absolute Gasteiger partial charge is 0.495 e. The zero-order valence-electron chi connectivity index (χ0n) is 18.6. The lowest BCUT2D eigenvalue weighted by molar-refractivity contribution is -0.120. The summed E-state index contributed by atoms with van der Waals surface area (Å²) in [7, 11) is -2.69. The average Bonchev–Trinajstić information content (AvgIpc) is 2.86. The first-order chi connectivity index (χ1) is 16.4. The van der Waals surface area contributed by atoms with Gasteiger partial charge in [0, 0.05) is 22.9 Å². The Morgan fingerprint density at radius 2 is 1.82 bits per heavy atom. The molecule has 1 aliphatic heterocycles. The molecule has 6 nitrogen and oxygen atoms in total. The molecule has 4 rings (SSSR count). The van der Waals surface area contributed by atoms with Gasteiger partial charge in [-0.3, -0.25) is 4.79 Å². The summed E-state index contributed by atoms with van der Waals surface area (Å²) >= 11 is 1.54. The fraction of sp³-hybridized carbons (Fsp3) is 0.240. The zero-order chi connectivity index (χ0) is 24.1. The van der Waals surface area contributed by atoms with E-state index >= 15 is 0 Å². The lowest BCUT2D eigenvalue weighted by Crippen LogP contribution is -2.43. The summed E-state index contributed by atoms with van der Waals surface area (Å²) < 4.78 is 46.7. The number of hydrogen-bond donors (Lipinski definition) is 1. The quantitative estimate of drug-likeness (QED) is 0.493. The van der Waals surface area contributed by atoms with Gasteiger partial charge in [-0.05, 0) is 55.3 Å². The number of amides is 1. The Morgan fingerprint density at radius 3 is 2.59 bits per heavy atom. The molecular weight excluding hydrogens is 475 g/mol. The molecule has 0 aromatic heterocycles. The van der Waals surface area contributed by atoms with Gasteiger partial charge in [-0.25, -0.2) is 12.8 Å². The Balaban J connectivity index is 1.50. The van der Waals surface area contributed by atoms with E-state index in [0.29, 0.717) is 18.5 Å². The van der Waals surface area contributed by atoms with Crippen LogP contribution in [0.2, 0.25) is 0 Å². The first-order valence-electron chi connectivity index (χ1n) is 10.8. The molecule has 1 saturated heterocycles. The molecule has 0 aliphatic carbocycles. The minimum atomic E-state index is -4.03. The first kappa shape index (κ1) is 24.3. The van der Waals surface area contributed by atoms with Crippen LogP contribution in [0.1, 0.15) is 12.8 Å². The number of rotatable bonds is 7. The van der Waals surface area contributed by atoms with Crippen molar-refractivity contribution in [2.45, 2.75) is 27.5 Å². The standard InChI is InChI=1S/C25H25FN2O4S2/c1-32-22-14-13-19(26)16-24(22)34(30,31)28-15-7-8-18(17-28)25(29)27-21-11-5-6-12-23(21)33-20-9-3-2-4-10-20/h2-6,9-14,16,18H,7-8,15,17H2,1H3,(H,27,29). The van der Waals surface area contributed by atoms with Gasteiger partial charge in [0.2, 0.25) is 15.9 Å². The molecule has 3 aromatic carbocycles. The maximum atomic E-state index is 13.8. The Labute approximate surface area is 203 Å². The van der Waals surface area contributed by atoms with Crippen molar-refractivity contribution in [1.82, 2.24) is 4.31 Å². The molecule has 1 heterocycles. The van der Waals surface area contributed by atoms with Crippen LogP contribution in [-0.4, -0.2) is 38.8 Å². The van der Waals surface area contributed by atoms with Gasteiger partial charge in [0.15, 0.2) is 0 Å². The van der Waals surface area contributed by atoms with Crippen molar-refractivity contribution in [1.29, 1.82) is 0 Å². The number of halogens is 1. The number of hydrogen-bond acceptors (Lipinski definition) is 5. The summed E-state index contributed by atoms with van der Waals surface area (Å²) in [6.07, 6.45) is 1.08. The Morgan fingerprint density at radius 1 is 1.09 bits per heavy atom. The smallest absolute Gasteiger partial charge is 0.246 e. The zero-order valence-corrected chi connectivity index (χ0v) is 20.2. The summed E-state index contributed by atoms with van der Waals surface area (Å²) in [4.78, 5) is 14.8. The third kappa shape index (κ3) is 5.43. The van der Waals surface area contributed by atoms with Gasteiger partial charge in [-0.15, -0.1) is 0 Å². The number of methoxy groups -OCH3 is 1. The van der Waals surface area contributed by atoms with Crippen molar-refractivity contribution in [2.24, 2.45) is 5.92 Å². The third-order valence-corrected chi connectivity index (χ3v) is 8.58. The number of anilines is 1. The van der Waals surface area contributed by atoms with Crippen LogP contribution in [0.15, 0.2) is 87.5 Å². The van der Waals surface area contributed by atoms with Crippen LogP contribution in [0.3, 0.4) is 0 Å². The summed E-state index contributed by atoms with van der Waals surface area (Å²) in [5, 5.41) is 2.98. The van der Waals surface area contributed by atoms with Crippen LogP contribution in [0.25, 0.3) is 0 Å². The second-order valence-corrected chi connectivity index (χ2v) is 10.9. The van der Waals surface area contributed by atoms with Gasteiger partial charge < -0.3 is 10.1 Å². The van der Waals surface area contributed by atoms with Gasteiger partial charge in [0.05, 0.1) is 18.7 Å². The van der Waals surface area contributed by atoms with E-state index in [9.17, 15) is 17.6 Å². The van der Waals surface area contributed by atoms with E-state index in [2.05, 4.69) is 5.32 Å². The SMILES string of the molecule is COc1ccc(F)cc1S(=O)(=O)N1CCCC(C(=O)Nc2ccccc2Sc2ccccc2)C1. The van der Waals surface area contributed by atoms with Crippen LogP contribution < -0.4 is 10.1 Å². The summed E-state index contributed by atoms with van der Waals surface area (Å²) in [6.45, 7) is 0.272. The highest BCUT2D eigenvalue weighted by Crippen LogP contribution is 2.34. The molecule has 1 amide bonds. The Bertz CT molecular complexity index is 1270. The number of sulfonamides is 1. The lowest BCUT2D eigenvalue weighted by atomic mass is 9.99. The van der Waals surface area contributed by atoms with E-state index in [-0.39, 0.29) is 29.6 Å². The molecule has 178 valence electrons. The average molecular weight is 501 g/mol. The maximum Gasteiger partial charge on any atom is 0.246 e. The first-order valence-corrected chi connectivity index (χ1v) is 13.1. The van der Waals surface area contributed by atoms with E-state index in [0.717, 1.165) is 21.9 Å². The second-order valence-electron chi connectivity index (χ2n) is 7.90. The monoisotopic (exact) mass is 500 g/mol. The highest BCUT2D eigenvalue weighted by molar-refractivity contribution is 7.99. The summed E-state index contributed by atoms with van der Waals surface area (Å²) in [5.41, 5.74) is 0.674. The van der Waals surface area contributed by atoms with Crippen LogP contribution >= 0.6 is 11.8 Å². The van der Waals surface area contributed by atoms with Crippen LogP contribution in [0.5, 0.6) is 5.75 Å². The molecule has 0 spiro atoms. The van der Waals surface area contributed by atoms with Crippen LogP contribution in [0.4, 0.5) is 10.1 Å². The lowest BCUT2D eigenvalue weighted by Gasteiger charge is -2.31. The molecule has 1 fully saturated rings. The summed E-state index contributed by atoms with van der Waals surface area (Å²) in [5.74, 6) is -1.37. The van der Waals surface area contributed by atoms with Gasteiger partial charge in [0.25, 0.3) is 0 Å². The summed E-state index contributed by atoms with van der Waals surface area (Å²) in [6, 6.07) is 20.7. The van der Waals surface area contributed by atoms with Gasteiger partial charge in [-0.1, -0.05) is 42.1 Å². The third-order valence-electron chi connectivity index (χ3n) is 5.61. The molecular formula is C25H25FN2O4S2. The molecule has 0 bridgehead atoms. The molecule has 1 unspecified atom stereocenters. The second kappa shape index (κ2) is 10.6. The molecule has 1 aliphatic rings. The normalized spacial score (nSPS) is 16.7. The van der Waals surface area contributed by atoms with E-state index in [1.165, 1.54) is 29.2 Å². The van der Waals surface area contributed by atoms with E-state index in [4.69, 9.17) is 4.74 Å². The maximum absolute atomic E-state index is 13.8. The number of nitrogens with one attached hydrogen (secondary N) is 1. The van der Waals surface area contributed by atoms with Gasteiger partial charge in [0.1, 0.15) is 16.5 Å². The van der Waals surface area contributed by atoms with Gasteiger partial charge >= 0.3 is 0 Å². The molecule has 1 atom stereocenters. The molecule has 0 radical (unpaired) electrons. The van der Waals surface area contributed by atoms with E-state index in [1.807, 2.05) is 54.6 Å². The Hall–Kier alpha value is -2.88. The predicted molar refractivity (Wildman–Crippen MR) is 130 cm³/mol. The number of nitrogens with zero attached hydrogens (tertiary/aromatic N) is 1. The topological polar surface area (TPSA) is 75.7 Å². The van der Waals surface area contributed by atoms with Crippen molar-refractivity contribution in [2.75, 3.05) is 25.5 Å². The number of carbonyl (C=O) groups is 1. The van der Waals surface area contributed by atoms with E-state index < -0.39 is 21.8 Å². The van der Waals surface area contributed by atoms with Crippen molar-refractivity contribution in [3.8, 4) is 5.75 Å². The molecule has 0 saturated carbocycles. The number of carbonyl (C=O) groups excluding carboxylic acids is 1. The van der Waals surface area contributed by atoms with Crippen LogP contribution in [0, 0.1) is 11.7 Å². The minimum absolute atomic E-state index is 0.0157. The Kier molecular flexibility index (Phi) is 7.55. The fourth-order valence-corrected chi connectivity index (χ4v) is 6.49. The van der Waals surface area contributed by atoms with Gasteiger partial charge in [-0.2, -0.15) is 4.31 Å².